The number of halogens is 2. The fraction of sp³-hybridized carbons (Fsp3) is 0.417. The maximum Gasteiger partial charge on any atom is 0.173 e. The van der Waals surface area contributed by atoms with E-state index >= 15 is 0 Å². The van der Waals surface area contributed by atoms with Crippen molar-refractivity contribution in [3.63, 3.8) is 0 Å². The van der Waals surface area contributed by atoms with E-state index in [1.165, 1.54) is 12.1 Å². The fourth-order valence-electron chi connectivity index (χ4n) is 1.76. The molecule has 1 heterocycles. The summed E-state index contributed by atoms with van der Waals surface area (Å²) in [7, 11) is 1.65. The lowest BCUT2D eigenvalue weighted by molar-refractivity contribution is 0.196. The van der Waals surface area contributed by atoms with Crippen molar-refractivity contribution in [2.24, 2.45) is 0 Å². The normalized spacial score (nSPS) is 12.6. The van der Waals surface area contributed by atoms with Gasteiger partial charge in [-0.1, -0.05) is 0 Å². The van der Waals surface area contributed by atoms with Crippen molar-refractivity contribution in [3.05, 3.63) is 33.4 Å². The highest BCUT2D eigenvalue weighted by atomic mass is 127. The molecule has 0 aliphatic rings. The van der Waals surface area contributed by atoms with E-state index < -0.39 is 0 Å². The SMILES string of the molecule is COCCNC(C)c1nnnn1-c1ccc(F)cc1I. The van der Waals surface area contributed by atoms with Crippen LogP contribution >= 0.6 is 22.6 Å². The van der Waals surface area contributed by atoms with Crippen LogP contribution in [-0.4, -0.2) is 40.5 Å². The minimum absolute atomic E-state index is 0.0407. The molecule has 1 aromatic carbocycles. The Morgan fingerprint density at radius 1 is 1.50 bits per heavy atom. The average molecular weight is 391 g/mol. The molecule has 0 radical (unpaired) electrons. The van der Waals surface area contributed by atoms with Gasteiger partial charge in [0.05, 0.1) is 18.3 Å². The van der Waals surface area contributed by atoms with Gasteiger partial charge in [-0.25, -0.2) is 4.39 Å². The number of hydrogen-bond acceptors (Lipinski definition) is 5. The third kappa shape index (κ3) is 3.49. The maximum absolute atomic E-state index is 13.2. The smallest absolute Gasteiger partial charge is 0.173 e. The summed E-state index contributed by atoms with van der Waals surface area (Å²) in [6.45, 7) is 3.28. The first kappa shape index (κ1) is 15.3. The molecule has 20 heavy (non-hydrogen) atoms. The van der Waals surface area contributed by atoms with Crippen LogP contribution in [0.15, 0.2) is 18.2 Å². The summed E-state index contributed by atoms with van der Waals surface area (Å²) >= 11 is 2.07. The molecule has 0 aliphatic carbocycles. The number of methoxy groups -OCH3 is 1. The van der Waals surface area contributed by atoms with Crippen molar-refractivity contribution >= 4 is 22.6 Å². The number of nitrogens with zero attached hydrogens (tertiary/aromatic N) is 4. The van der Waals surface area contributed by atoms with Gasteiger partial charge in [0, 0.05) is 17.2 Å². The number of rotatable bonds is 6. The van der Waals surface area contributed by atoms with Crippen LogP contribution in [0.1, 0.15) is 18.8 Å². The first-order valence-electron chi connectivity index (χ1n) is 6.09. The Hall–Kier alpha value is -1.13. The minimum Gasteiger partial charge on any atom is -0.383 e. The Morgan fingerprint density at radius 3 is 3.00 bits per heavy atom. The lowest BCUT2D eigenvalue weighted by atomic mass is 10.2. The quantitative estimate of drug-likeness (QED) is 0.600. The zero-order valence-corrected chi connectivity index (χ0v) is 13.3. The second kappa shape index (κ2) is 7.04. The number of nitrogens with one attached hydrogen (secondary N) is 1. The molecule has 0 fully saturated rings. The molecule has 0 amide bonds. The standard InChI is InChI=1S/C12H15FIN5O/c1-8(15-5-6-20-2)12-16-17-18-19(12)11-4-3-9(13)7-10(11)14/h3-4,7-8,15H,5-6H2,1-2H3. The molecular weight excluding hydrogens is 376 g/mol. The average Bonchev–Trinajstić information content (AvgIpc) is 2.88. The molecule has 8 heteroatoms. The van der Waals surface area contributed by atoms with Crippen LogP contribution in [0.5, 0.6) is 0 Å². The van der Waals surface area contributed by atoms with Crippen molar-refractivity contribution in [1.29, 1.82) is 0 Å². The van der Waals surface area contributed by atoms with E-state index in [9.17, 15) is 4.39 Å². The molecule has 0 saturated heterocycles. The van der Waals surface area contributed by atoms with E-state index in [1.54, 1.807) is 17.9 Å². The summed E-state index contributed by atoms with van der Waals surface area (Å²) in [5.41, 5.74) is 0.757. The maximum atomic E-state index is 13.2. The Morgan fingerprint density at radius 2 is 2.30 bits per heavy atom. The van der Waals surface area contributed by atoms with Gasteiger partial charge < -0.3 is 10.1 Å². The second-order valence-corrected chi connectivity index (χ2v) is 5.38. The van der Waals surface area contributed by atoms with Crippen LogP contribution in [0.2, 0.25) is 0 Å². The molecule has 0 bridgehead atoms. The molecule has 1 unspecified atom stereocenters. The van der Waals surface area contributed by atoms with Crippen LogP contribution in [0.4, 0.5) is 4.39 Å². The highest BCUT2D eigenvalue weighted by Crippen LogP contribution is 2.20. The fourth-order valence-corrected chi connectivity index (χ4v) is 2.46. The largest absolute Gasteiger partial charge is 0.383 e. The molecule has 0 saturated carbocycles. The van der Waals surface area contributed by atoms with Crippen molar-refractivity contribution in [1.82, 2.24) is 25.5 Å². The zero-order chi connectivity index (χ0) is 14.5. The van der Waals surface area contributed by atoms with Crippen LogP contribution < -0.4 is 5.32 Å². The van der Waals surface area contributed by atoms with Gasteiger partial charge in [0.1, 0.15) is 5.82 Å². The van der Waals surface area contributed by atoms with Crippen LogP contribution in [0.3, 0.4) is 0 Å². The monoisotopic (exact) mass is 391 g/mol. The van der Waals surface area contributed by atoms with Crippen molar-refractivity contribution in [3.8, 4) is 5.69 Å². The summed E-state index contributed by atoms with van der Waals surface area (Å²) in [5, 5.41) is 15.0. The van der Waals surface area contributed by atoms with Gasteiger partial charge in [-0.05, 0) is 58.1 Å². The van der Waals surface area contributed by atoms with Crippen LogP contribution in [-0.2, 0) is 4.74 Å². The van der Waals surface area contributed by atoms with Crippen molar-refractivity contribution in [2.45, 2.75) is 13.0 Å². The van der Waals surface area contributed by atoms with E-state index in [2.05, 4.69) is 43.4 Å². The molecule has 1 aromatic heterocycles. The number of hydrogen-bond donors (Lipinski definition) is 1. The molecule has 2 rings (SSSR count). The van der Waals surface area contributed by atoms with E-state index in [4.69, 9.17) is 4.74 Å². The van der Waals surface area contributed by atoms with Gasteiger partial charge in [-0.2, -0.15) is 4.68 Å². The van der Waals surface area contributed by atoms with Gasteiger partial charge in [-0.3, -0.25) is 0 Å². The summed E-state index contributed by atoms with van der Waals surface area (Å²) in [6.07, 6.45) is 0. The topological polar surface area (TPSA) is 64.9 Å². The molecule has 1 atom stereocenters. The zero-order valence-electron chi connectivity index (χ0n) is 11.2. The summed E-state index contributed by atoms with van der Waals surface area (Å²) < 4.78 is 20.5. The minimum atomic E-state index is -0.279. The molecule has 0 aliphatic heterocycles. The Bertz CT molecular complexity index is 577. The summed E-state index contributed by atoms with van der Waals surface area (Å²) in [4.78, 5) is 0. The third-order valence-corrected chi connectivity index (χ3v) is 3.64. The first-order valence-corrected chi connectivity index (χ1v) is 7.17. The summed E-state index contributed by atoms with van der Waals surface area (Å²) in [6, 6.07) is 4.47. The molecule has 0 spiro atoms. The van der Waals surface area contributed by atoms with E-state index in [1.807, 2.05) is 6.92 Å². The number of aromatic nitrogens is 4. The van der Waals surface area contributed by atoms with Crippen LogP contribution in [0.25, 0.3) is 5.69 Å². The summed E-state index contributed by atoms with van der Waals surface area (Å²) in [5.74, 6) is 0.393. The number of benzene rings is 1. The molecule has 1 N–H and O–H groups in total. The van der Waals surface area contributed by atoms with Crippen molar-refractivity contribution in [2.75, 3.05) is 20.3 Å². The number of tetrazole rings is 1. The van der Waals surface area contributed by atoms with E-state index in [-0.39, 0.29) is 11.9 Å². The third-order valence-electron chi connectivity index (χ3n) is 2.78. The van der Waals surface area contributed by atoms with Gasteiger partial charge in [0.2, 0.25) is 0 Å². The van der Waals surface area contributed by atoms with E-state index in [0.717, 1.165) is 9.26 Å². The second-order valence-electron chi connectivity index (χ2n) is 4.21. The molecule has 2 aromatic rings. The van der Waals surface area contributed by atoms with Crippen molar-refractivity contribution < 1.29 is 9.13 Å². The molecule has 6 nitrogen and oxygen atoms in total. The van der Waals surface area contributed by atoms with Gasteiger partial charge in [0.15, 0.2) is 5.82 Å². The lowest BCUT2D eigenvalue weighted by Crippen LogP contribution is -2.25. The first-order chi connectivity index (χ1) is 9.63. The van der Waals surface area contributed by atoms with E-state index in [0.29, 0.717) is 19.0 Å². The Labute approximate surface area is 129 Å². The Kier molecular flexibility index (Phi) is 5.38. The van der Waals surface area contributed by atoms with Crippen LogP contribution in [0, 0.1) is 9.39 Å². The molecule has 108 valence electrons. The molecular formula is C12H15FIN5O. The number of ether oxygens (including phenoxy) is 1. The predicted octanol–water partition coefficient (Wildman–Crippen LogP) is 1.70. The van der Waals surface area contributed by atoms with Gasteiger partial charge in [0.25, 0.3) is 0 Å². The highest BCUT2D eigenvalue weighted by Gasteiger charge is 2.17. The van der Waals surface area contributed by atoms with Gasteiger partial charge in [-0.15, -0.1) is 5.10 Å². The lowest BCUT2D eigenvalue weighted by Gasteiger charge is -2.14. The predicted molar refractivity (Wildman–Crippen MR) is 80.1 cm³/mol. The van der Waals surface area contributed by atoms with Gasteiger partial charge >= 0.3 is 0 Å². The highest BCUT2D eigenvalue weighted by molar-refractivity contribution is 14.1. The Balaban J connectivity index is 2.23.